The van der Waals surface area contributed by atoms with Gasteiger partial charge in [0.25, 0.3) is 22.2 Å². The highest BCUT2D eigenvalue weighted by molar-refractivity contribution is 5.30. The Kier molecular flexibility index (Phi) is 29.2. The molecule has 0 amide bonds. The van der Waals surface area contributed by atoms with Crippen molar-refractivity contribution >= 4 is 0 Å². The molecular formula is C59H69F6N17O25. The number of hydrogen-bond donors (Lipinski definition) is 20. The van der Waals surface area contributed by atoms with E-state index in [0.717, 1.165) is 44.6 Å². The van der Waals surface area contributed by atoms with E-state index in [4.69, 9.17) is 72.8 Å². The Balaban J connectivity index is 0.000000209. The smallest absolute Gasteiger partial charge is 0.350 e. The van der Waals surface area contributed by atoms with E-state index in [2.05, 4.69) is 63.4 Å². The van der Waals surface area contributed by atoms with Crippen LogP contribution >= 0.6 is 0 Å². The Labute approximate surface area is 591 Å². The molecule has 5 aromatic heterocycles. The maximum absolute atomic E-state index is 13.4. The second-order valence-corrected chi connectivity index (χ2v) is 23.0. The molecule has 0 spiro atoms. The van der Waals surface area contributed by atoms with Crippen molar-refractivity contribution < 1.29 is 101 Å². The molecule has 25 N–H and O–H groups in total. The van der Waals surface area contributed by atoms with Gasteiger partial charge in [-0.05, 0) is 6.92 Å². The molecule has 10 rings (SSSR count). The van der Waals surface area contributed by atoms with Crippen LogP contribution in [0.15, 0.2) is 85.0 Å². The van der Waals surface area contributed by atoms with E-state index in [1.807, 2.05) is 25.9 Å². The monoisotopic (exact) mass is 1530 g/mol. The van der Waals surface area contributed by atoms with Gasteiger partial charge in [0.1, 0.15) is 107 Å². The molecule has 48 heteroatoms. The van der Waals surface area contributed by atoms with Gasteiger partial charge in [0, 0.05) is 24.0 Å². The molecule has 5 aliphatic rings. The zero-order valence-electron chi connectivity index (χ0n) is 55.1. The molecule has 0 radical (unpaired) electrons. The van der Waals surface area contributed by atoms with Crippen molar-refractivity contribution in [3.8, 4) is 59.2 Å². The lowest BCUT2D eigenvalue weighted by molar-refractivity contribution is -0.0530. The van der Waals surface area contributed by atoms with Crippen LogP contribution in [-0.4, -0.2) is 264 Å². The van der Waals surface area contributed by atoms with E-state index < -0.39 is 248 Å². The van der Waals surface area contributed by atoms with E-state index in [0.29, 0.717) is 15.4 Å². The summed E-state index contributed by atoms with van der Waals surface area (Å²) in [6.45, 7) is -6.59. The van der Waals surface area contributed by atoms with Crippen LogP contribution < -0.4 is 85.0 Å². The molecule has 582 valence electrons. The molecule has 5 aliphatic heterocycles. The molecule has 5 saturated heterocycles. The maximum atomic E-state index is 13.4. The van der Waals surface area contributed by atoms with Gasteiger partial charge in [-0.3, -0.25) is 62.4 Å². The fraction of sp³-hybridized carbons (Fsp3) is 0.525. The molecule has 42 nitrogen and oxygen atoms in total. The molecule has 0 aliphatic carbocycles. The van der Waals surface area contributed by atoms with Gasteiger partial charge in [-0.1, -0.05) is 59.2 Å². The number of aromatic amines is 5. The maximum Gasteiger partial charge on any atom is 0.350 e. The van der Waals surface area contributed by atoms with Crippen molar-refractivity contribution in [1.29, 1.82) is 0 Å². The standard InChI is InChI=1S/C13H16FN3O5.C12H13F2N3O5.C12H14FN3O5.2C11H13FN4O5/c1-7-5-9(19)16-12(21)17(7)11-13(15,3-2-4-14)10(20)8(6-18)22-11;13-3-1-2-12(15)8(19)7(5-18)22-10(12)17-4-6(14)9(20)16-11(17)21;13-4-1-3-12(14)9(19)7(6-17)21-10(12)16-5-2-8(18)15-11(16)20;12-3-1-2-11(13)8(19)6(5-17)21-9(11)16-10(20)15-7(18)4-14-16;12-3-1-2-11(13)7(18)6(4-17)21-8(11)16-5-14-9(19)15-10(16)20/h5,8,10-11,18,20H,4,6,15H2,1H3,(H,16,19,21);4,7-8,10,18-19H,3,5,15H2,(H,16,20,21);2,5,7,9-10,17,19H,4,6,14H2,(H,15,18,20);4,6,8-9,17,19H,3,5,13H2,(H,15,18,20);5-8,17-18H,3-4,13H2,(H,15,19,20)/t8-,10+,11-,13?;7-,8+,10-,12?;7-,9+,10-,12?;6-,8+,9-,11?;6-,7+,8-,11?/m11111/s1. The Morgan fingerprint density at radius 2 is 0.804 bits per heavy atom. The lowest BCUT2D eigenvalue weighted by Crippen LogP contribution is -2.55. The predicted molar refractivity (Wildman–Crippen MR) is 345 cm³/mol. The summed E-state index contributed by atoms with van der Waals surface area (Å²) in [5, 5.41) is 99.9. The number of H-pyrrole nitrogens is 5. The van der Waals surface area contributed by atoms with Crippen LogP contribution in [0.5, 0.6) is 0 Å². The van der Waals surface area contributed by atoms with Crippen molar-refractivity contribution in [2.24, 2.45) is 28.7 Å². The number of ether oxygens (including phenoxy) is 5. The summed E-state index contributed by atoms with van der Waals surface area (Å²) in [7, 11) is 0. The molecule has 5 unspecified atom stereocenters. The quantitative estimate of drug-likeness (QED) is 0.0456. The average Bonchev–Trinajstić information content (AvgIpc) is 1.68. The summed E-state index contributed by atoms with van der Waals surface area (Å²) in [5.41, 5.74) is 12.1. The van der Waals surface area contributed by atoms with E-state index in [1.54, 1.807) is 4.98 Å². The fourth-order valence-corrected chi connectivity index (χ4v) is 11.0. The summed E-state index contributed by atoms with van der Waals surface area (Å²) in [6.07, 6.45) is -16.5. The topological polar surface area (TPSA) is 679 Å². The third kappa shape index (κ3) is 18.1. The van der Waals surface area contributed by atoms with Gasteiger partial charge in [0.2, 0.25) is 5.82 Å². The minimum Gasteiger partial charge on any atom is -0.394 e. The molecule has 107 heavy (non-hydrogen) atoms. The largest absolute Gasteiger partial charge is 0.394 e. The summed E-state index contributed by atoms with van der Waals surface area (Å²) >= 11 is 0. The van der Waals surface area contributed by atoms with E-state index in [1.165, 1.54) is 6.92 Å². The molecule has 5 aromatic rings. The van der Waals surface area contributed by atoms with Gasteiger partial charge < -0.3 is 103 Å². The average molecular weight is 1530 g/mol. The molecule has 0 bridgehead atoms. The molecule has 10 heterocycles. The normalized spacial score (nSPS) is 31.4. The third-order valence-electron chi connectivity index (χ3n) is 16.2. The van der Waals surface area contributed by atoms with Crippen LogP contribution in [0.4, 0.5) is 26.3 Å². The lowest BCUT2D eigenvalue weighted by atomic mass is 9.91. The van der Waals surface area contributed by atoms with Crippen molar-refractivity contribution in [1.82, 2.24) is 58.0 Å². The van der Waals surface area contributed by atoms with E-state index >= 15 is 0 Å². The van der Waals surface area contributed by atoms with Gasteiger partial charge in [0.05, 0.1) is 39.2 Å². The first kappa shape index (κ1) is 85.8. The second kappa shape index (κ2) is 36.4. The lowest BCUT2D eigenvalue weighted by Gasteiger charge is -2.28. The van der Waals surface area contributed by atoms with Gasteiger partial charge in [-0.2, -0.15) is 19.2 Å². The van der Waals surface area contributed by atoms with Crippen molar-refractivity contribution in [2.75, 3.05) is 66.4 Å². The minimum atomic E-state index is -1.98. The highest BCUT2D eigenvalue weighted by Gasteiger charge is 2.59. The van der Waals surface area contributed by atoms with Gasteiger partial charge in [-0.25, -0.2) is 50.7 Å². The van der Waals surface area contributed by atoms with E-state index in [-0.39, 0.29) is 5.69 Å². The SMILES string of the molecule is Cc1cc(=O)[nH]c(=O)n1[C@@H]1O[C@H](CO)[C@H](O)C1(N)C#CCF.NC1(C#CCF)[C@@H](O)[C@@H](CO)O[C@H]1n1cc(F)c(=O)[nH]c1=O.NC1(C#CCF)[C@@H](O)[C@@H](CO)O[C@H]1n1ccc(=O)[nH]c1=O.NC1(C#CCF)[C@@H](O)[C@@H](CO)O[C@H]1n1cnc(=O)[nH]c1=O.NC1(C#CCF)[C@@H](O)[C@@H](CO)O[C@H]1n1ncc(=O)[nH]c1=O. The number of hydrogen-bond acceptors (Lipinski definition) is 32. The first-order valence-corrected chi connectivity index (χ1v) is 30.5. The van der Waals surface area contributed by atoms with Gasteiger partial charge >= 0.3 is 34.1 Å². The number of nitrogens with two attached hydrogens (primary N) is 5. The second-order valence-electron chi connectivity index (χ2n) is 23.0. The van der Waals surface area contributed by atoms with Crippen molar-refractivity contribution in [2.45, 2.75) is 127 Å². The Hall–Kier alpha value is -10.2. The van der Waals surface area contributed by atoms with Crippen LogP contribution in [0.3, 0.4) is 0 Å². The highest BCUT2D eigenvalue weighted by Crippen LogP contribution is 2.40. The van der Waals surface area contributed by atoms with E-state index in [9.17, 15) is 105 Å². The summed E-state index contributed by atoms with van der Waals surface area (Å²) < 4.78 is 105. The minimum absolute atomic E-state index is 0.224. The Morgan fingerprint density at radius 3 is 1.19 bits per heavy atom. The number of aliphatic hydroxyl groups is 10. The first-order chi connectivity index (χ1) is 50.5. The zero-order valence-corrected chi connectivity index (χ0v) is 55.1. The predicted octanol–water partition coefficient (Wildman–Crippen LogP) is -13.5. The number of nitrogens with one attached hydrogen (secondary N) is 5. The van der Waals surface area contributed by atoms with Gasteiger partial charge in [0.15, 0.2) is 58.8 Å². The third-order valence-corrected chi connectivity index (χ3v) is 16.2. The molecule has 0 aromatic carbocycles. The van der Waals surface area contributed by atoms with Crippen LogP contribution in [0.2, 0.25) is 0 Å². The number of aromatic nitrogens is 12. The first-order valence-electron chi connectivity index (χ1n) is 30.5. The zero-order chi connectivity index (χ0) is 79.8. The van der Waals surface area contributed by atoms with Crippen molar-refractivity contribution in [3.05, 3.63) is 153 Å². The van der Waals surface area contributed by atoms with Crippen LogP contribution in [0.25, 0.3) is 0 Å². The molecular weight excluding hydrogens is 1460 g/mol. The Morgan fingerprint density at radius 1 is 0.458 bits per heavy atom. The highest BCUT2D eigenvalue weighted by atomic mass is 19.1. The number of halogens is 6. The Bertz CT molecular complexity index is 4680. The van der Waals surface area contributed by atoms with Crippen LogP contribution in [-0.2, 0) is 23.7 Å². The number of aryl methyl sites for hydroxylation is 1. The molecule has 0 saturated carbocycles. The molecule has 20 atom stereocenters. The van der Waals surface area contributed by atoms with Gasteiger partial charge in [-0.15, -0.1) is 0 Å². The van der Waals surface area contributed by atoms with Crippen LogP contribution in [0, 0.1) is 71.9 Å². The fourth-order valence-electron chi connectivity index (χ4n) is 11.0. The summed E-state index contributed by atoms with van der Waals surface area (Å²) in [5.74, 6) is 20.5. The number of aliphatic hydroxyl groups excluding tert-OH is 10. The summed E-state index contributed by atoms with van der Waals surface area (Å²) in [6, 6.07) is 2.21. The molecule has 5 fully saturated rings. The van der Waals surface area contributed by atoms with Crippen molar-refractivity contribution in [3.63, 3.8) is 0 Å². The summed E-state index contributed by atoms with van der Waals surface area (Å²) in [4.78, 5) is 127. The number of alkyl halides is 5. The van der Waals surface area contributed by atoms with Crippen LogP contribution in [0.1, 0.15) is 36.8 Å². The number of rotatable bonds is 10. The number of nitrogens with zero attached hydrogens (tertiary/aromatic N) is 7.